The summed E-state index contributed by atoms with van der Waals surface area (Å²) in [7, 11) is 0. The van der Waals surface area contributed by atoms with Gasteiger partial charge in [-0.2, -0.15) is 5.10 Å². The number of fused-ring (bicyclic) bond motifs is 1. The van der Waals surface area contributed by atoms with Crippen molar-refractivity contribution in [2.75, 3.05) is 5.75 Å². The van der Waals surface area contributed by atoms with Gasteiger partial charge in [-0.1, -0.05) is 23.9 Å². The van der Waals surface area contributed by atoms with Gasteiger partial charge in [-0.25, -0.2) is 9.61 Å². The van der Waals surface area contributed by atoms with Gasteiger partial charge in [-0.05, 0) is 29.0 Å². The van der Waals surface area contributed by atoms with Crippen LogP contribution in [-0.2, 0) is 11.3 Å². The molecule has 0 aromatic carbocycles. The normalized spacial score (nSPS) is 11.1. The van der Waals surface area contributed by atoms with E-state index in [2.05, 4.69) is 20.6 Å². The molecule has 4 heterocycles. The van der Waals surface area contributed by atoms with E-state index in [-0.39, 0.29) is 17.2 Å². The van der Waals surface area contributed by atoms with Gasteiger partial charge < -0.3 is 5.32 Å². The highest BCUT2D eigenvalue weighted by molar-refractivity contribution is 7.99. The van der Waals surface area contributed by atoms with Crippen molar-refractivity contribution in [3.63, 3.8) is 0 Å². The largest absolute Gasteiger partial charge is 0.350 e. The lowest BCUT2D eigenvalue weighted by Gasteiger charge is -2.04. The number of amides is 1. The molecular weight excluding hydrogens is 390 g/mol. The Labute approximate surface area is 160 Å². The number of aromatic nitrogens is 4. The molecule has 0 radical (unpaired) electrons. The number of rotatable bonds is 6. The van der Waals surface area contributed by atoms with Crippen molar-refractivity contribution in [3.8, 4) is 10.6 Å². The first-order valence-electron chi connectivity index (χ1n) is 7.65. The fraction of sp³-hybridized carbons (Fsp3) is 0.125. The van der Waals surface area contributed by atoms with Crippen LogP contribution in [0.5, 0.6) is 0 Å². The Kier molecular flexibility index (Phi) is 4.87. The van der Waals surface area contributed by atoms with E-state index >= 15 is 0 Å². The molecular formula is C16H13N5O2S3. The van der Waals surface area contributed by atoms with Gasteiger partial charge in [0.25, 0.3) is 5.56 Å². The average molecular weight is 404 g/mol. The number of H-pyrrole nitrogens is 1. The van der Waals surface area contributed by atoms with Crippen molar-refractivity contribution in [2.24, 2.45) is 0 Å². The molecule has 4 aromatic rings. The molecule has 7 nitrogen and oxygen atoms in total. The Balaban J connectivity index is 1.50. The quantitative estimate of drug-likeness (QED) is 0.483. The first-order valence-corrected chi connectivity index (χ1v) is 10.4. The highest BCUT2D eigenvalue weighted by Gasteiger charge is 2.14. The van der Waals surface area contributed by atoms with Crippen molar-refractivity contribution in [3.05, 3.63) is 56.3 Å². The van der Waals surface area contributed by atoms with Gasteiger partial charge in [0.15, 0.2) is 0 Å². The predicted molar refractivity (Wildman–Crippen MR) is 104 cm³/mol. The molecule has 10 heteroatoms. The molecule has 0 spiro atoms. The van der Waals surface area contributed by atoms with Crippen molar-refractivity contribution in [2.45, 2.75) is 11.7 Å². The number of hydrogen-bond acceptors (Lipinski definition) is 7. The summed E-state index contributed by atoms with van der Waals surface area (Å²) in [5.74, 6) is 0.0865. The molecule has 0 aliphatic rings. The third kappa shape index (κ3) is 3.57. The number of nitrogens with zero attached hydrogens (tertiary/aromatic N) is 3. The van der Waals surface area contributed by atoms with Crippen molar-refractivity contribution >= 4 is 45.9 Å². The van der Waals surface area contributed by atoms with Crippen LogP contribution in [0, 0.1) is 0 Å². The highest BCUT2D eigenvalue weighted by atomic mass is 32.2. The van der Waals surface area contributed by atoms with Gasteiger partial charge in [0, 0.05) is 4.88 Å². The average Bonchev–Trinajstić information content (AvgIpc) is 3.40. The van der Waals surface area contributed by atoms with Gasteiger partial charge in [0.05, 0.1) is 17.2 Å². The molecule has 0 atom stereocenters. The number of hydrogen-bond donors (Lipinski definition) is 2. The number of aromatic amines is 1. The first kappa shape index (κ1) is 17.0. The van der Waals surface area contributed by atoms with Crippen LogP contribution in [0.2, 0.25) is 0 Å². The van der Waals surface area contributed by atoms with Gasteiger partial charge >= 0.3 is 0 Å². The van der Waals surface area contributed by atoms with E-state index in [9.17, 15) is 9.59 Å². The van der Waals surface area contributed by atoms with Gasteiger partial charge in [-0.3, -0.25) is 9.59 Å². The molecule has 0 fully saturated rings. The zero-order valence-electron chi connectivity index (χ0n) is 13.3. The van der Waals surface area contributed by atoms with E-state index in [4.69, 9.17) is 0 Å². The SMILES string of the molecule is O=C(CSc1n[nH]c(=O)c2cc(-c3cccs3)nn12)NCc1cccs1. The van der Waals surface area contributed by atoms with E-state index in [0.29, 0.717) is 22.9 Å². The van der Waals surface area contributed by atoms with Gasteiger partial charge in [-0.15, -0.1) is 27.8 Å². The second-order valence-corrected chi connectivity index (χ2v) is 8.21. The van der Waals surface area contributed by atoms with Crippen molar-refractivity contribution in [1.82, 2.24) is 25.1 Å². The lowest BCUT2D eigenvalue weighted by Crippen LogP contribution is -2.24. The van der Waals surface area contributed by atoms with Crippen molar-refractivity contribution in [1.29, 1.82) is 0 Å². The second-order valence-electron chi connectivity index (χ2n) is 5.28. The Hall–Kier alpha value is -2.43. The summed E-state index contributed by atoms with van der Waals surface area (Å²) in [4.78, 5) is 26.1. The molecule has 0 aliphatic heterocycles. The van der Waals surface area contributed by atoms with Crippen LogP contribution in [-0.4, -0.2) is 31.5 Å². The molecule has 2 N–H and O–H groups in total. The smallest absolute Gasteiger partial charge is 0.290 e. The Morgan fingerprint density at radius 1 is 1.27 bits per heavy atom. The molecule has 0 bridgehead atoms. The number of carbonyl (C=O) groups excluding carboxylic acids is 1. The fourth-order valence-corrected chi connectivity index (χ4v) is 4.37. The van der Waals surface area contributed by atoms with Crippen LogP contribution in [0.15, 0.2) is 51.0 Å². The summed E-state index contributed by atoms with van der Waals surface area (Å²) in [6, 6.07) is 9.53. The predicted octanol–water partition coefficient (Wildman–Crippen LogP) is 2.62. The summed E-state index contributed by atoms with van der Waals surface area (Å²) in [5.41, 5.74) is 0.805. The maximum absolute atomic E-state index is 12.1. The van der Waals surface area contributed by atoms with Crippen molar-refractivity contribution < 1.29 is 4.79 Å². The fourth-order valence-electron chi connectivity index (χ4n) is 2.31. The Morgan fingerprint density at radius 2 is 2.12 bits per heavy atom. The molecule has 132 valence electrons. The van der Waals surface area contributed by atoms with E-state index in [1.54, 1.807) is 28.7 Å². The monoisotopic (exact) mass is 403 g/mol. The Bertz CT molecular complexity index is 1080. The third-order valence-corrected chi connectivity index (χ3v) is 6.22. The topological polar surface area (TPSA) is 92.2 Å². The summed E-state index contributed by atoms with van der Waals surface area (Å²) in [6.45, 7) is 0.510. The second kappa shape index (κ2) is 7.44. The number of thioether (sulfide) groups is 1. The molecule has 0 unspecified atom stereocenters. The van der Waals surface area contributed by atoms with E-state index in [0.717, 1.165) is 9.75 Å². The third-order valence-electron chi connectivity index (χ3n) is 3.52. The number of carbonyl (C=O) groups is 1. The summed E-state index contributed by atoms with van der Waals surface area (Å²) >= 11 is 4.37. The number of nitrogens with one attached hydrogen (secondary N) is 2. The summed E-state index contributed by atoms with van der Waals surface area (Å²) < 4.78 is 1.49. The van der Waals surface area contributed by atoms with Crippen LogP contribution < -0.4 is 10.9 Å². The standard InChI is InChI=1S/C16H13N5O2S3/c22-14(17-8-10-3-1-5-24-10)9-26-16-19-18-15(23)12-7-11(20-21(12)16)13-4-2-6-25-13/h1-7H,8-9H2,(H,17,22)(H,18,23). The minimum atomic E-state index is -0.313. The van der Waals surface area contributed by atoms with Crippen LogP contribution in [0.3, 0.4) is 0 Å². The minimum Gasteiger partial charge on any atom is -0.350 e. The van der Waals surface area contributed by atoms with Gasteiger partial charge in [0.1, 0.15) is 11.2 Å². The molecule has 26 heavy (non-hydrogen) atoms. The highest BCUT2D eigenvalue weighted by Crippen LogP contribution is 2.25. The maximum atomic E-state index is 12.1. The summed E-state index contributed by atoms with van der Waals surface area (Å²) in [6.07, 6.45) is 0. The van der Waals surface area contributed by atoms with E-state index in [1.807, 2.05) is 35.0 Å². The molecule has 0 saturated carbocycles. The molecule has 4 rings (SSSR count). The minimum absolute atomic E-state index is 0.102. The maximum Gasteiger partial charge on any atom is 0.290 e. The zero-order valence-corrected chi connectivity index (χ0v) is 15.8. The summed E-state index contributed by atoms with van der Waals surface area (Å²) in [5, 5.41) is 18.2. The Morgan fingerprint density at radius 3 is 2.88 bits per heavy atom. The van der Waals surface area contributed by atoms with E-state index in [1.165, 1.54) is 16.3 Å². The van der Waals surface area contributed by atoms with Crippen LogP contribution in [0.25, 0.3) is 16.1 Å². The van der Waals surface area contributed by atoms with Crippen LogP contribution in [0.4, 0.5) is 0 Å². The molecule has 0 aliphatic carbocycles. The van der Waals surface area contributed by atoms with Gasteiger partial charge in [0.2, 0.25) is 11.1 Å². The molecule has 4 aromatic heterocycles. The molecule has 0 saturated heterocycles. The first-order chi connectivity index (χ1) is 12.7. The van der Waals surface area contributed by atoms with Crippen LogP contribution >= 0.6 is 34.4 Å². The zero-order chi connectivity index (χ0) is 17.9. The van der Waals surface area contributed by atoms with Crippen LogP contribution in [0.1, 0.15) is 4.88 Å². The molecule has 1 amide bonds. The lowest BCUT2D eigenvalue weighted by atomic mass is 10.3. The number of thiophene rings is 2. The lowest BCUT2D eigenvalue weighted by molar-refractivity contribution is -0.118. The van der Waals surface area contributed by atoms with E-state index < -0.39 is 0 Å².